The van der Waals surface area contributed by atoms with Gasteiger partial charge in [0.2, 0.25) is 5.91 Å². The van der Waals surface area contributed by atoms with E-state index < -0.39 is 15.9 Å². The average Bonchev–Trinajstić information content (AvgIpc) is 2.84. The van der Waals surface area contributed by atoms with Crippen molar-refractivity contribution in [3.63, 3.8) is 0 Å². The lowest BCUT2D eigenvalue weighted by Crippen LogP contribution is -2.41. The van der Waals surface area contributed by atoms with Crippen molar-refractivity contribution in [1.82, 2.24) is 5.32 Å². The maximum absolute atomic E-state index is 13.4. The third kappa shape index (κ3) is 7.62. The molecular formula is C26H28Cl2N2O4S. The molecule has 0 heterocycles. The minimum absolute atomic E-state index is 0.0263. The highest BCUT2D eigenvalue weighted by molar-refractivity contribution is 7.92. The molecule has 0 aromatic heterocycles. The minimum atomic E-state index is -4.03. The first-order valence-corrected chi connectivity index (χ1v) is 13.5. The van der Waals surface area contributed by atoms with E-state index >= 15 is 0 Å². The van der Waals surface area contributed by atoms with Crippen LogP contribution in [-0.4, -0.2) is 34.0 Å². The number of aryl methyl sites for hydroxylation is 1. The van der Waals surface area contributed by atoms with Crippen LogP contribution in [0.25, 0.3) is 0 Å². The zero-order valence-electron chi connectivity index (χ0n) is 19.4. The first-order valence-electron chi connectivity index (χ1n) is 11.3. The van der Waals surface area contributed by atoms with E-state index in [0.29, 0.717) is 35.3 Å². The fraction of sp³-hybridized carbons (Fsp3) is 0.269. The Labute approximate surface area is 216 Å². The number of hydrogen-bond acceptors (Lipinski definition) is 4. The highest BCUT2D eigenvalue weighted by Gasteiger charge is 2.27. The van der Waals surface area contributed by atoms with Gasteiger partial charge in [0.15, 0.2) is 0 Å². The molecule has 0 atom stereocenters. The van der Waals surface area contributed by atoms with Crippen molar-refractivity contribution >= 4 is 44.8 Å². The van der Waals surface area contributed by atoms with Crippen LogP contribution in [-0.2, 0) is 21.2 Å². The second-order valence-electron chi connectivity index (χ2n) is 7.86. The largest absolute Gasteiger partial charge is 0.493 e. The predicted octanol–water partition coefficient (Wildman–Crippen LogP) is 5.73. The molecule has 0 aliphatic heterocycles. The smallest absolute Gasteiger partial charge is 0.264 e. The molecule has 6 nitrogen and oxygen atoms in total. The minimum Gasteiger partial charge on any atom is -0.493 e. The van der Waals surface area contributed by atoms with Crippen LogP contribution < -0.4 is 14.4 Å². The number of nitrogens with one attached hydrogen (secondary N) is 1. The molecule has 0 aliphatic carbocycles. The fourth-order valence-electron chi connectivity index (χ4n) is 3.44. The van der Waals surface area contributed by atoms with E-state index in [1.54, 1.807) is 18.2 Å². The van der Waals surface area contributed by atoms with E-state index in [1.807, 2.05) is 24.3 Å². The van der Waals surface area contributed by atoms with E-state index in [2.05, 4.69) is 12.2 Å². The Balaban J connectivity index is 1.67. The van der Waals surface area contributed by atoms with E-state index in [0.717, 1.165) is 28.5 Å². The zero-order chi connectivity index (χ0) is 25.3. The van der Waals surface area contributed by atoms with Crippen molar-refractivity contribution in [2.75, 3.05) is 24.0 Å². The van der Waals surface area contributed by atoms with Crippen molar-refractivity contribution in [3.05, 3.63) is 88.4 Å². The Morgan fingerprint density at radius 3 is 2.43 bits per heavy atom. The number of para-hydroxylation sites is 1. The van der Waals surface area contributed by atoms with Crippen molar-refractivity contribution < 1.29 is 17.9 Å². The van der Waals surface area contributed by atoms with Gasteiger partial charge >= 0.3 is 0 Å². The topological polar surface area (TPSA) is 75.7 Å². The summed E-state index contributed by atoms with van der Waals surface area (Å²) in [6, 6.07) is 20.0. The lowest BCUT2D eigenvalue weighted by molar-refractivity contribution is -0.119. The molecule has 9 heteroatoms. The van der Waals surface area contributed by atoms with Crippen LogP contribution in [0.5, 0.6) is 5.75 Å². The standard InChI is InChI=1S/C26H28Cl2N2O4S/c1-2-17-34-25-11-4-3-7-20(25)8-6-16-29-26(31)19-30(23-10-5-9-22(28)18-23)35(32,33)24-14-12-21(27)13-15-24/h3-5,7,9-15,18H,2,6,8,16-17,19H2,1H3,(H,29,31). The highest BCUT2D eigenvalue weighted by Crippen LogP contribution is 2.27. The maximum atomic E-state index is 13.4. The number of amides is 1. The number of carbonyl (C=O) groups is 1. The van der Waals surface area contributed by atoms with Gasteiger partial charge in [-0.25, -0.2) is 8.42 Å². The summed E-state index contributed by atoms with van der Waals surface area (Å²) < 4.78 is 33.6. The van der Waals surface area contributed by atoms with Gasteiger partial charge in [-0.15, -0.1) is 0 Å². The van der Waals surface area contributed by atoms with Crippen molar-refractivity contribution in [2.24, 2.45) is 0 Å². The van der Waals surface area contributed by atoms with E-state index in [1.165, 1.54) is 30.3 Å². The molecule has 0 fully saturated rings. The molecule has 0 spiro atoms. The predicted molar refractivity (Wildman–Crippen MR) is 141 cm³/mol. The summed E-state index contributed by atoms with van der Waals surface area (Å²) in [5.74, 6) is 0.430. The average molecular weight is 535 g/mol. The highest BCUT2D eigenvalue weighted by atomic mass is 35.5. The van der Waals surface area contributed by atoms with Crippen molar-refractivity contribution in [2.45, 2.75) is 31.1 Å². The first kappa shape index (κ1) is 26.9. The Morgan fingerprint density at radius 1 is 0.971 bits per heavy atom. The van der Waals surface area contributed by atoms with Crippen LogP contribution in [0.2, 0.25) is 10.0 Å². The number of halogens is 2. The molecule has 0 radical (unpaired) electrons. The molecule has 0 aliphatic rings. The lowest BCUT2D eigenvalue weighted by Gasteiger charge is -2.24. The van der Waals surface area contributed by atoms with Crippen LogP contribution in [0.4, 0.5) is 5.69 Å². The molecule has 0 unspecified atom stereocenters. The number of carbonyl (C=O) groups excluding carboxylic acids is 1. The van der Waals surface area contributed by atoms with E-state index in [9.17, 15) is 13.2 Å². The zero-order valence-corrected chi connectivity index (χ0v) is 21.7. The molecule has 1 N–H and O–H groups in total. The van der Waals surface area contributed by atoms with Gasteiger partial charge < -0.3 is 10.1 Å². The SMILES string of the molecule is CCCOc1ccccc1CCCNC(=O)CN(c1cccc(Cl)c1)S(=O)(=O)c1ccc(Cl)cc1. The Kier molecular flexibility index (Phi) is 9.83. The molecule has 3 aromatic rings. The van der Waals surface area contributed by atoms with Crippen molar-refractivity contribution in [1.29, 1.82) is 0 Å². The Hall–Kier alpha value is -2.74. The van der Waals surface area contributed by atoms with Gasteiger partial charge in [0.25, 0.3) is 10.0 Å². The monoisotopic (exact) mass is 534 g/mol. The number of benzene rings is 3. The summed E-state index contributed by atoms with van der Waals surface area (Å²) in [5.41, 5.74) is 1.37. The van der Waals surface area contributed by atoms with Crippen LogP contribution in [0, 0.1) is 0 Å². The van der Waals surface area contributed by atoms with Crippen LogP contribution in [0.15, 0.2) is 77.7 Å². The van der Waals surface area contributed by atoms with Gasteiger partial charge in [0.1, 0.15) is 12.3 Å². The summed E-state index contributed by atoms with van der Waals surface area (Å²) in [6.07, 6.45) is 2.33. The Bertz CT molecular complexity index is 1230. The summed E-state index contributed by atoms with van der Waals surface area (Å²) in [4.78, 5) is 12.8. The Morgan fingerprint density at radius 2 is 1.71 bits per heavy atom. The van der Waals surface area contributed by atoms with E-state index in [4.69, 9.17) is 27.9 Å². The summed E-state index contributed by atoms with van der Waals surface area (Å²) >= 11 is 12.0. The number of ether oxygens (including phenoxy) is 1. The van der Waals surface area contributed by atoms with Gasteiger partial charge in [-0.3, -0.25) is 9.10 Å². The van der Waals surface area contributed by atoms with Gasteiger partial charge in [-0.05, 0) is 73.4 Å². The van der Waals surface area contributed by atoms with Crippen LogP contribution in [0.3, 0.4) is 0 Å². The molecule has 186 valence electrons. The van der Waals surface area contributed by atoms with Gasteiger partial charge in [0.05, 0.1) is 17.2 Å². The third-order valence-corrected chi connectivity index (χ3v) is 7.44. The van der Waals surface area contributed by atoms with Crippen LogP contribution in [0.1, 0.15) is 25.3 Å². The second-order valence-corrected chi connectivity index (χ2v) is 10.6. The molecule has 1 amide bonds. The first-order chi connectivity index (χ1) is 16.8. The molecule has 0 saturated carbocycles. The summed E-state index contributed by atoms with van der Waals surface area (Å²) in [6.45, 7) is 2.71. The quantitative estimate of drug-likeness (QED) is 0.301. The maximum Gasteiger partial charge on any atom is 0.264 e. The fourth-order valence-corrected chi connectivity index (χ4v) is 5.16. The number of hydrogen-bond donors (Lipinski definition) is 1. The summed E-state index contributed by atoms with van der Waals surface area (Å²) in [7, 11) is -4.03. The van der Waals surface area contributed by atoms with E-state index in [-0.39, 0.29) is 11.4 Å². The molecular weight excluding hydrogens is 507 g/mol. The van der Waals surface area contributed by atoms with Gasteiger partial charge in [-0.2, -0.15) is 0 Å². The number of rotatable bonds is 12. The molecule has 0 saturated heterocycles. The molecule has 0 bridgehead atoms. The third-order valence-electron chi connectivity index (χ3n) is 5.16. The van der Waals surface area contributed by atoms with Crippen LogP contribution >= 0.6 is 23.2 Å². The second kappa shape index (κ2) is 12.8. The van der Waals surface area contributed by atoms with Gasteiger partial charge in [-0.1, -0.05) is 54.4 Å². The number of sulfonamides is 1. The molecule has 3 aromatic carbocycles. The molecule has 35 heavy (non-hydrogen) atoms. The molecule has 3 rings (SSSR count). The number of anilines is 1. The normalized spacial score (nSPS) is 11.2. The van der Waals surface area contributed by atoms with Gasteiger partial charge in [0, 0.05) is 16.6 Å². The van der Waals surface area contributed by atoms with Crippen molar-refractivity contribution in [3.8, 4) is 5.75 Å². The lowest BCUT2D eigenvalue weighted by atomic mass is 10.1. The number of nitrogens with zero attached hydrogens (tertiary/aromatic N) is 1. The summed E-state index contributed by atoms with van der Waals surface area (Å²) in [5, 5.41) is 3.60.